The Morgan fingerprint density at radius 1 is 1.38 bits per heavy atom. The van der Waals surface area contributed by atoms with Gasteiger partial charge in [-0.3, -0.25) is 9.69 Å². The Morgan fingerprint density at radius 2 is 2.19 bits per heavy atom. The van der Waals surface area contributed by atoms with Crippen molar-refractivity contribution in [2.45, 2.75) is 19.4 Å². The highest BCUT2D eigenvalue weighted by atomic mass is 32.1. The van der Waals surface area contributed by atoms with Gasteiger partial charge in [0.25, 0.3) is 0 Å². The predicted octanol–water partition coefficient (Wildman–Crippen LogP) is 3.83. The number of carbonyl (C=O) groups is 1. The zero-order chi connectivity index (χ0) is 15.0. The lowest BCUT2D eigenvalue weighted by molar-refractivity contribution is 0.0887. The summed E-state index contributed by atoms with van der Waals surface area (Å²) < 4.78 is 26.6. The van der Waals surface area contributed by atoms with E-state index in [2.05, 4.69) is 18.4 Å². The predicted molar refractivity (Wildman–Crippen MR) is 78.7 cm³/mol. The maximum Gasteiger partial charge on any atom is 0.179 e. The number of Topliss-reactive ketones (excluding diaryl/α,β-unsaturated/α-hetero) is 1. The van der Waals surface area contributed by atoms with E-state index in [9.17, 15) is 13.6 Å². The van der Waals surface area contributed by atoms with Crippen molar-refractivity contribution in [1.82, 2.24) is 4.90 Å². The van der Waals surface area contributed by atoms with Crippen LogP contribution in [0.3, 0.4) is 0 Å². The third-order valence-electron chi connectivity index (χ3n) is 3.98. The largest absolute Gasteiger partial charge is 0.293 e. The van der Waals surface area contributed by atoms with E-state index in [1.165, 1.54) is 16.5 Å². The average Bonchev–Trinajstić information content (AvgIpc) is 2.91. The Hall–Kier alpha value is -1.59. The van der Waals surface area contributed by atoms with Crippen molar-refractivity contribution in [3.05, 3.63) is 57.3 Å². The first-order valence-corrected chi connectivity index (χ1v) is 7.73. The third kappa shape index (κ3) is 2.76. The van der Waals surface area contributed by atoms with Gasteiger partial charge in [-0.2, -0.15) is 0 Å². The zero-order valence-corrected chi connectivity index (χ0v) is 12.4. The smallest absolute Gasteiger partial charge is 0.179 e. The second-order valence-corrected chi connectivity index (χ2v) is 6.24. The Morgan fingerprint density at radius 3 is 2.95 bits per heavy atom. The van der Waals surface area contributed by atoms with Gasteiger partial charge >= 0.3 is 0 Å². The molecule has 1 aliphatic heterocycles. The highest BCUT2D eigenvalue weighted by Gasteiger charge is 2.27. The summed E-state index contributed by atoms with van der Waals surface area (Å²) in [5, 5.41) is 2.06. The monoisotopic (exact) mass is 307 g/mol. The summed E-state index contributed by atoms with van der Waals surface area (Å²) in [7, 11) is 0. The van der Waals surface area contributed by atoms with E-state index in [1.54, 1.807) is 11.3 Å². The van der Waals surface area contributed by atoms with E-state index in [-0.39, 0.29) is 23.9 Å². The molecule has 2 aromatic rings. The van der Waals surface area contributed by atoms with Gasteiger partial charge in [-0.05, 0) is 42.5 Å². The number of hydrogen-bond acceptors (Lipinski definition) is 3. The molecule has 1 aromatic heterocycles. The SMILES string of the molecule is CC1c2ccsc2CCN1CC(=O)c1ccc(F)cc1F. The fourth-order valence-corrected chi connectivity index (χ4v) is 3.73. The van der Waals surface area contributed by atoms with Crippen molar-refractivity contribution in [1.29, 1.82) is 0 Å². The molecule has 0 N–H and O–H groups in total. The van der Waals surface area contributed by atoms with Crippen molar-refractivity contribution in [2.75, 3.05) is 13.1 Å². The van der Waals surface area contributed by atoms with Crippen LogP contribution in [-0.2, 0) is 6.42 Å². The van der Waals surface area contributed by atoms with Crippen LogP contribution in [0.25, 0.3) is 0 Å². The molecule has 0 fully saturated rings. The number of thiophene rings is 1. The summed E-state index contributed by atoms with van der Waals surface area (Å²) in [6, 6.07) is 5.32. The van der Waals surface area contributed by atoms with Gasteiger partial charge in [-0.15, -0.1) is 11.3 Å². The second kappa shape index (κ2) is 5.66. The molecular formula is C16H15F2NOS. The molecule has 1 unspecified atom stereocenters. The molecule has 5 heteroatoms. The van der Waals surface area contributed by atoms with Gasteiger partial charge in [-0.1, -0.05) is 0 Å². The van der Waals surface area contributed by atoms with E-state index in [0.29, 0.717) is 0 Å². The Bertz CT molecular complexity index is 683. The molecule has 0 radical (unpaired) electrons. The van der Waals surface area contributed by atoms with Crippen LogP contribution < -0.4 is 0 Å². The second-order valence-electron chi connectivity index (χ2n) is 5.24. The van der Waals surface area contributed by atoms with Gasteiger partial charge < -0.3 is 0 Å². The molecule has 2 heterocycles. The van der Waals surface area contributed by atoms with E-state index < -0.39 is 11.6 Å². The standard InChI is InChI=1S/C16H15F2NOS/c1-10-12-5-7-21-16(12)4-6-19(10)9-15(20)13-3-2-11(17)8-14(13)18/h2-3,5,7-8,10H,4,6,9H2,1H3. The first-order valence-electron chi connectivity index (χ1n) is 6.85. The maximum absolute atomic E-state index is 13.7. The molecule has 0 aliphatic carbocycles. The molecule has 1 aliphatic rings. The molecule has 0 bridgehead atoms. The van der Waals surface area contributed by atoms with E-state index in [1.807, 2.05) is 4.90 Å². The van der Waals surface area contributed by atoms with Crippen LogP contribution in [0.15, 0.2) is 29.6 Å². The highest BCUT2D eigenvalue weighted by Crippen LogP contribution is 2.32. The molecule has 0 saturated heterocycles. The van der Waals surface area contributed by atoms with E-state index >= 15 is 0 Å². The molecule has 2 nitrogen and oxygen atoms in total. The molecule has 3 rings (SSSR count). The normalized spacial score (nSPS) is 18.5. The third-order valence-corrected chi connectivity index (χ3v) is 4.98. The van der Waals surface area contributed by atoms with Crippen LogP contribution in [0.4, 0.5) is 8.78 Å². The van der Waals surface area contributed by atoms with Crippen molar-refractivity contribution >= 4 is 17.1 Å². The summed E-state index contributed by atoms with van der Waals surface area (Å²) >= 11 is 1.74. The van der Waals surface area contributed by atoms with Crippen molar-refractivity contribution in [3.63, 3.8) is 0 Å². The van der Waals surface area contributed by atoms with E-state index in [4.69, 9.17) is 0 Å². The fourth-order valence-electron chi connectivity index (χ4n) is 2.76. The molecule has 1 atom stereocenters. The van der Waals surface area contributed by atoms with Gasteiger partial charge in [0.05, 0.1) is 12.1 Å². The summed E-state index contributed by atoms with van der Waals surface area (Å²) in [6.45, 7) is 2.99. The topological polar surface area (TPSA) is 20.3 Å². The summed E-state index contributed by atoms with van der Waals surface area (Å²) in [5.74, 6) is -1.77. The number of hydrogen-bond donors (Lipinski definition) is 0. The van der Waals surface area contributed by atoms with E-state index in [0.717, 1.165) is 25.1 Å². The number of nitrogens with zero attached hydrogens (tertiary/aromatic N) is 1. The van der Waals surface area contributed by atoms with Crippen LogP contribution in [0.5, 0.6) is 0 Å². The lowest BCUT2D eigenvalue weighted by Crippen LogP contribution is -2.37. The maximum atomic E-state index is 13.7. The van der Waals surface area contributed by atoms with Gasteiger partial charge in [-0.25, -0.2) is 8.78 Å². The summed E-state index contributed by atoms with van der Waals surface area (Å²) in [4.78, 5) is 15.6. The van der Waals surface area contributed by atoms with Gasteiger partial charge in [0.1, 0.15) is 11.6 Å². The van der Waals surface area contributed by atoms with Crippen LogP contribution in [-0.4, -0.2) is 23.8 Å². The molecule has 0 saturated carbocycles. The number of fused-ring (bicyclic) bond motifs is 1. The van der Waals surface area contributed by atoms with Crippen LogP contribution >= 0.6 is 11.3 Å². The van der Waals surface area contributed by atoms with Crippen LogP contribution in [0.1, 0.15) is 33.8 Å². The number of halogens is 2. The van der Waals surface area contributed by atoms with Crippen molar-refractivity contribution in [2.24, 2.45) is 0 Å². The fraction of sp³-hybridized carbons (Fsp3) is 0.312. The molecule has 1 aromatic carbocycles. The van der Waals surface area contributed by atoms with Crippen LogP contribution in [0.2, 0.25) is 0 Å². The number of carbonyl (C=O) groups excluding carboxylic acids is 1. The minimum absolute atomic E-state index is 0.0419. The first-order chi connectivity index (χ1) is 10.1. The number of ketones is 1. The van der Waals surface area contributed by atoms with Crippen molar-refractivity contribution < 1.29 is 13.6 Å². The number of rotatable bonds is 3. The molecule has 0 spiro atoms. The Labute approximate surface area is 126 Å². The molecular weight excluding hydrogens is 292 g/mol. The Balaban J connectivity index is 1.76. The first kappa shape index (κ1) is 14.4. The zero-order valence-electron chi connectivity index (χ0n) is 11.6. The average molecular weight is 307 g/mol. The van der Waals surface area contributed by atoms with Crippen molar-refractivity contribution in [3.8, 4) is 0 Å². The highest BCUT2D eigenvalue weighted by molar-refractivity contribution is 7.10. The number of benzene rings is 1. The molecule has 21 heavy (non-hydrogen) atoms. The van der Waals surface area contributed by atoms with Gasteiger partial charge in [0.15, 0.2) is 5.78 Å². The van der Waals surface area contributed by atoms with Gasteiger partial charge in [0, 0.05) is 23.5 Å². The minimum atomic E-state index is -0.791. The van der Waals surface area contributed by atoms with Gasteiger partial charge in [0.2, 0.25) is 0 Å². The molecule has 110 valence electrons. The Kier molecular flexibility index (Phi) is 3.87. The minimum Gasteiger partial charge on any atom is -0.293 e. The van der Waals surface area contributed by atoms with Crippen LogP contribution in [0, 0.1) is 11.6 Å². The summed E-state index contributed by atoms with van der Waals surface area (Å²) in [5.41, 5.74) is 1.21. The lowest BCUT2D eigenvalue weighted by Gasteiger charge is -2.33. The quantitative estimate of drug-likeness (QED) is 0.803. The lowest BCUT2D eigenvalue weighted by atomic mass is 10.0. The summed E-state index contributed by atoms with van der Waals surface area (Å²) in [6.07, 6.45) is 0.913. The molecule has 0 amide bonds.